The molecule has 0 spiro atoms. The SMILES string of the molecule is CC(=O)NCCN(Cc1ccc(C)s1)C(=O)C1CC1. The number of thiophene rings is 1. The van der Waals surface area contributed by atoms with Crippen LogP contribution in [0.2, 0.25) is 0 Å². The Balaban J connectivity index is 1.92. The van der Waals surface area contributed by atoms with Gasteiger partial charge in [0.1, 0.15) is 0 Å². The molecule has 1 aromatic heterocycles. The Morgan fingerprint density at radius 2 is 2.16 bits per heavy atom. The highest BCUT2D eigenvalue weighted by Gasteiger charge is 2.33. The molecule has 0 saturated heterocycles. The van der Waals surface area contributed by atoms with Gasteiger partial charge in [0.2, 0.25) is 11.8 Å². The molecular formula is C14H20N2O2S. The number of amides is 2. The van der Waals surface area contributed by atoms with Crippen molar-refractivity contribution in [2.45, 2.75) is 33.2 Å². The summed E-state index contributed by atoms with van der Waals surface area (Å²) < 4.78 is 0. The van der Waals surface area contributed by atoms with Crippen LogP contribution in [-0.2, 0) is 16.1 Å². The molecule has 4 nitrogen and oxygen atoms in total. The number of carbonyl (C=O) groups excluding carboxylic acids is 2. The van der Waals surface area contributed by atoms with Gasteiger partial charge in [-0.25, -0.2) is 0 Å². The molecule has 1 saturated carbocycles. The first-order valence-corrected chi connectivity index (χ1v) is 7.46. The van der Waals surface area contributed by atoms with Crippen molar-refractivity contribution in [3.05, 3.63) is 21.9 Å². The molecule has 0 unspecified atom stereocenters. The summed E-state index contributed by atoms with van der Waals surface area (Å²) in [5.74, 6) is 0.403. The van der Waals surface area contributed by atoms with Crippen LogP contribution in [0.5, 0.6) is 0 Å². The van der Waals surface area contributed by atoms with Gasteiger partial charge in [-0.05, 0) is 31.9 Å². The second kappa shape index (κ2) is 6.19. The molecular weight excluding hydrogens is 260 g/mol. The van der Waals surface area contributed by atoms with Crippen molar-refractivity contribution >= 4 is 23.2 Å². The lowest BCUT2D eigenvalue weighted by Gasteiger charge is -2.22. The maximum Gasteiger partial charge on any atom is 0.226 e. The standard InChI is InChI=1S/C14H20N2O2S/c1-10-3-6-13(19-10)9-16(8-7-15-11(2)17)14(18)12-4-5-12/h3,6,12H,4-5,7-9H2,1-2H3,(H,15,17). The number of nitrogens with one attached hydrogen (secondary N) is 1. The third-order valence-corrected chi connectivity index (χ3v) is 4.12. The molecule has 2 rings (SSSR count). The van der Waals surface area contributed by atoms with Gasteiger partial charge in [0.15, 0.2) is 0 Å². The van der Waals surface area contributed by atoms with Crippen LogP contribution in [-0.4, -0.2) is 29.8 Å². The third kappa shape index (κ3) is 4.35. The van der Waals surface area contributed by atoms with E-state index in [4.69, 9.17) is 0 Å². The lowest BCUT2D eigenvalue weighted by Crippen LogP contribution is -2.38. The molecule has 19 heavy (non-hydrogen) atoms. The Kier molecular flexibility index (Phi) is 4.58. The van der Waals surface area contributed by atoms with Crippen molar-refractivity contribution in [3.8, 4) is 0 Å². The van der Waals surface area contributed by atoms with E-state index in [0.717, 1.165) is 12.8 Å². The van der Waals surface area contributed by atoms with E-state index in [9.17, 15) is 9.59 Å². The topological polar surface area (TPSA) is 49.4 Å². The summed E-state index contributed by atoms with van der Waals surface area (Å²) in [5.41, 5.74) is 0. The maximum absolute atomic E-state index is 12.2. The first-order valence-electron chi connectivity index (χ1n) is 6.65. The van der Waals surface area contributed by atoms with Crippen molar-refractivity contribution in [1.29, 1.82) is 0 Å². The number of hydrogen-bond acceptors (Lipinski definition) is 3. The summed E-state index contributed by atoms with van der Waals surface area (Å²) in [6.07, 6.45) is 2.03. The third-order valence-electron chi connectivity index (χ3n) is 3.14. The summed E-state index contributed by atoms with van der Waals surface area (Å²) in [5, 5.41) is 2.75. The lowest BCUT2D eigenvalue weighted by molar-refractivity contribution is -0.133. The van der Waals surface area contributed by atoms with Crippen LogP contribution in [0.3, 0.4) is 0 Å². The number of hydrogen-bond donors (Lipinski definition) is 1. The molecule has 1 aliphatic rings. The lowest BCUT2D eigenvalue weighted by atomic mass is 10.3. The van der Waals surface area contributed by atoms with Gasteiger partial charge in [-0.2, -0.15) is 0 Å². The van der Waals surface area contributed by atoms with Crippen molar-refractivity contribution in [2.24, 2.45) is 5.92 Å². The van der Waals surface area contributed by atoms with Crippen LogP contribution >= 0.6 is 11.3 Å². The molecule has 1 fully saturated rings. The van der Waals surface area contributed by atoms with Crippen molar-refractivity contribution < 1.29 is 9.59 Å². The largest absolute Gasteiger partial charge is 0.355 e. The second-order valence-electron chi connectivity index (χ2n) is 5.03. The van der Waals surface area contributed by atoms with Gasteiger partial charge >= 0.3 is 0 Å². The monoisotopic (exact) mass is 280 g/mol. The van der Waals surface area contributed by atoms with Gasteiger partial charge in [0.05, 0.1) is 6.54 Å². The van der Waals surface area contributed by atoms with Gasteiger partial charge in [-0.3, -0.25) is 9.59 Å². The van der Waals surface area contributed by atoms with E-state index in [-0.39, 0.29) is 17.7 Å². The second-order valence-corrected chi connectivity index (χ2v) is 6.40. The highest BCUT2D eigenvalue weighted by Crippen LogP contribution is 2.31. The Labute approximate surface area is 117 Å². The quantitative estimate of drug-likeness (QED) is 0.865. The Morgan fingerprint density at radius 1 is 1.42 bits per heavy atom. The van der Waals surface area contributed by atoms with Crippen LogP contribution in [0, 0.1) is 12.8 Å². The summed E-state index contributed by atoms with van der Waals surface area (Å²) in [7, 11) is 0. The van der Waals surface area contributed by atoms with Gasteiger partial charge in [-0.15, -0.1) is 11.3 Å². The summed E-state index contributed by atoms with van der Waals surface area (Å²) in [4.78, 5) is 27.4. The van der Waals surface area contributed by atoms with Crippen LogP contribution < -0.4 is 5.32 Å². The Hall–Kier alpha value is -1.36. The number of aryl methyl sites for hydroxylation is 1. The highest BCUT2D eigenvalue weighted by molar-refractivity contribution is 7.11. The summed E-state index contributed by atoms with van der Waals surface area (Å²) in [6, 6.07) is 4.15. The fraction of sp³-hybridized carbons (Fsp3) is 0.571. The number of carbonyl (C=O) groups is 2. The molecule has 0 radical (unpaired) electrons. The fourth-order valence-electron chi connectivity index (χ4n) is 1.98. The van der Waals surface area contributed by atoms with E-state index in [2.05, 4.69) is 24.4 Å². The van der Waals surface area contributed by atoms with E-state index in [0.29, 0.717) is 19.6 Å². The Morgan fingerprint density at radius 3 is 2.68 bits per heavy atom. The average Bonchev–Trinajstić information content (AvgIpc) is 3.11. The normalized spacial score (nSPS) is 14.2. The van der Waals surface area contributed by atoms with E-state index >= 15 is 0 Å². The van der Waals surface area contributed by atoms with Gasteiger partial charge in [-0.1, -0.05) is 0 Å². The first kappa shape index (κ1) is 14.1. The van der Waals surface area contributed by atoms with E-state index in [1.807, 2.05) is 4.90 Å². The summed E-state index contributed by atoms with van der Waals surface area (Å²) in [6.45, 7) is 5.34. The first-order chi connectivity index (χ1) is 9.06. The molecule has 0 atom stereocenters. The Bertz CT molecular complexity index is 466. The van der Waals surface area contributed by atoms with Crippen LogP contribution in [0.4, 0.5) is 0 Å². The smallest absolute Gasteiger partial charge is 0.226 e. The average molecular weight is 280 g/mol. The minimum Gasteiger partial charge on any atom is -0.355 e. The zero-order valence-corrected chi connectivity index (χ0v) is 12.3. The van der Waals surface area contributed by atoms with Gasteiger partial charge in [0.25, 0.3) is 0 Å². The fourth-order valence-corrected chi connectivity index (χ4v) is 2.89. The molecule has 5 heteroatoms. The van der Waals surface area contributed by atoms with Crippen molar-refractivity contribution in [1.82, 2.24) is 10.2 Å². The predicted molar refractivity (Wildman–Crippen MR) is 75.9 cm³/mol. The van der Waals surface area contributed by atoms with E-state index in [1.54, 1.807) is 11.3 Å². The molecule has 0 aliphatic heterocycles. The molecule has 104 valence electrons. The number of rotatable bonds is 6. The van der Waals surface area contributed by atoms with E-state index in [1.165, 1.54) is 16.7 Å². The highest BCUT2D eigenvalue weighted by atomic mass is 32.1. The predicted octanol–water partition coefficient (Wildman–Crippen LogP) is 1.93. The maximum atomic E-state index is 12.2. The van der Waals surface area contributed by atoms with Crippen LogP contribution in [0.15, 0.2) is 12.1 Å². The van der Waals surface area contributed by atoms with Crippen molar-refractivity contribution in [2.75, 3.05) is 13.1 Å². The van der Waals surface area contributed by atoms with E-state index < -0.39 is 0 Å². The van der Waals surface area contributed by atoms with Crippen LogP contribution in [0.1, 0.15) is 29.5 Å². The molecule has 1 aromatic rings. The summed E-state index contributed by atoms with van der Waals surface area (Å²) >= 11 is 1.72. The zero-order valence-electron chi connectivity index (χ0n) is 11.4. The minimum atomic E-state index is -0.0502. The molecule has 1 heterocycles. The molecule has 1 N–H and O–H groups in total. The van der Waals surface area contributed by atoms with Crippen molar-refractivity contribution in [3.63, 3.8) is 0 Å². The molecule has 1 aliphatic carbocycles. The molecule has 0 aromatic carbocycles. The minimum absolute atomic E-state index is 0.0502. The number of nitrogens with zero attached hydrogens (tertiary/aromatic N) is 1. The molecule has 2 amide bonds. The van der Waals surface area contributed by atoms with Crippen LogP contribution in [0.25, 0.3) is 0 Å². The van der Waals surface area contributed by atoms with Gasteiger partial charge < -0.3 is 10.2 Å². The van der Waals surface area contributed by atoms with Gasteiger partial charge in [0, 0.05) is 35.7 Å². The zero-order chi connectivity index (χ0) is 13.8. The molecule has 0 bridgehead atoms.